The molecule has 7 aromatic rings. The maximum absolute atomic E-state index is 13.2. The molecule has 0 saturated carbocycles. The Morgan fingerprint density at radius 1 is 0.455 bits per heavy atom. The van der Waals surface area contributed by atoms with Crippen molar-refractivity contribution in [1.29, 1.82) is 0 Å². The molecule has 0 spiro atoms. The second-order valence-electron chi connectivity index (χ2n) is 9.87. The molecule has 0 fully saturated rings. The number of carbonyl (C=O) groups excluding carboxylic acids is 2. The first-order chi connectivity index (χ1) is 21.5. The molecule has 0 radical (unpaired) electrons. The highest BCUT2D eigenvalue weighted by molar-refractivity contribution is 6.38. The lowest BCUT2D eigenvalue weighted by Gasteiger charge is -2.17. The van der Waals surface area contributed by atoms with Gasteiger partial charge in [-0.15, -0.1) is 0 Å². The zero-order valence-corrected chi connectivity index (χ0v) is 24.3. The van der Waals surface area contributed by atoms with Gasteiger partial charge in [-0.05, 0) is 47.2 Å². The van der Waals surface area contributed by atoms with Crippen molar-refractivity contribution >= 4 is 78.6 Å². The van der Waals surface area contributed by atoms with E-state index in [2.05, 4.69) is 0 Å². The van der Waals surface area contributed by atoms with Gasteiger partial charge in [-0.1, -0.05) is 108 Å². The van der Waals surface area contributed by atoms with Gasteiger partial charge in [0, 0.05) is 37.3 Å². The lowest BCUT2D eigenvalue weighted by molar-refractivity contribution is 0.151. The van der Waals surface area contributed by atoms with Crippen LogP contribution in [0, 0.1) is 0 Å². The third-order valence-corrected chi connectivity index (χ3v) is 7.76. The second kappa shape index (κ2) is 11.4. The molecule has 0 bridgehead atoms. The zero-order valence-electron chi connectivity index (χ0n) is 22.8. The summed E-state index contributed by atoms with van der Waals surface area (Å²) in [6, 6.07) is 35.8. The van der Waals surface area contributed by atoms with Gasteiger partial charge in [0.25, 0.3) is 0 Å². The van der Waals surface area contributed by atoms with Crippen LogP contribution in [0.5, 0.6) is 23.0 Å². The van der Waals surface area contributed by atoms with Crippen LogP contribution in [0.2, 0.25) is 10.0 Å². The predicted molar refractivity (Wildman–Crippen MR) is 173 cm³/mol. The Morgan fingerprint density at radius 2 is 0.977 bits per heavy atom. The molecule has 7 rings (SSSR count). The van der Waals surface area contributed by atoms with Crippen molar-refractivity contribution in [3.63, 3.8) is 0 Å². The van der Waals surface area contributed by atoms with Crippen LogP contribution in [0.1, 0.15) is 0 Å². The third kappa shape index (κ3) is 5.11. The molecule has 0 saturated heterocycles. The molecule has 0 aliphatic carbocycles. The Balaban J connectivity index is 1.30. The van der Waals surface area contributed by atoms with Crippen LogP contribution in [-0.4, -0.2) is 12.3 Å². The number of hydrogen-bond donors (Lipinski definition) is 0. The molecule has 8 heteroatoms. The lowest BCUT2D eigenvalue weighted by atomic mass is 10.0. The number of benzene rings is 7. The van der Waals surface area contributed by atoms with Crippen molar-refractivity contribution in [1.82, 2.24) is 0 Å². The number of rotatable bonds is 4. The third-order valence-electron chi connectivity index (χ3n) is 7.21. The maximum Gasteiger partial charge on any atom is 0.519 e. The molecule has 0 aliphatic heterocycles. The maximum atomic E-state index is 13.2. The normalized spacial score (nSPS) is 11.1. The fraction of sp³-hybridized carbons (Fsp3) is 0. The topological polar surface area (TPSA) is 71.1 Å². The quantitative estimate of drug-likeness (QED) is 0.111. The number of fused-ring (bicyclic) bond motifs is 4. The van der Waals surface area contributed by atoms with E-state index in [0.717, 1.165) is 21.5 Å². The molecule has 214 valence electrons. The van der Waals surface area contributed by atoms with E-state index in [0.29, 0.717) is 38.1 Å². The summed E-state index contributed by atoms with van der Waals surface area (Å²) in [6.45, 7) is 0. The highest BCUT2D eigenvalue weighted by Crippen LogP contribution is 2.46. The lowest BCUT2D eigenvalue weighted by Crippen LogP contribution is -2.16. The number of halogens is 2. The summed E-state index contributed by atoms with van der Waals surface area (Å²) in [4.78, 5) is 26.5. The Morgan fingerprint density at radius 3 is 1.61 bits per heavy atom. The molecule has 0 amide bonds. The number of hydrogen-bond acceptors (Lipinski definition) is 6. The molecule has 7 aromatic carbocycles. The molecule has 0 aromatic heterocycles. The van der Waals surface area contributed by atoms with Crippen molar-refractivity contribution in [2.45, 2.75) is 0 Å². The minimum atomic E-state index is -0.970. The average molecular weight is 619 g/mol. The summed E-state index contributed by atoms with van der Waals surface area (Å²) in [5, 5.41) is 5.50. The van der Waals surface area contributed by atoms with Gasteiger partial charge < -0.3 is 18.9 Å². The van der Waals surface area contributed by atoms with E-state index in [4.69, 9.17) is 42.1 Å². The monoisotopic (exact) mass is 618 g/mol. The van der Waals surface area contributed by atoms with E-state index < -0.39 is 12.3 Å². The number of ether oxygens (including phenoxy) is 4. The molecule has 0 atom stereocenters. The van der Waals surface area contributed by atoms with E-state index in [9.17, 15) is 9.59 Å². The molecular weight excluding hydrogens is 599 g/mol. The molecule has 0 unspecified atom stereocenters. The summed E-state index contributed by atoms with van der Waals surface area (Å²) in [7, 11) is 0. The van der Waals surface area contributed by atoms with Gasteiger partial charge in [-0.3, -0.25) is 0 Å². The van der Waals surface area contributed by atoms with Crippen LogP contribution >= 0.6 is 23.2 Å². The molecule has 0 heterocycles. The van der Waals surface area contributed by atoms with E-state index in [1.807, 2.05) is 60.7 Å². The molecular formula is C36H20Cl2O6. The largest absolute Gasteiger partial charge is 0.519 e. The van der Waals surface area contributed by atoms with E-state index in [-0.39, 0.29) is 16.5 Å². The fourth-order valence-corrected chi connectivity index (χ4v) is 5.73. The summed E-state index contributed by atoms with van der Waals surface area (Å²) < 4.78 is 23.0. The van der Waals surface area contributed by atoms with Crippen LogP contribution in [-0.2, 0) is 0 Å². The molecule has 0 aliphatic rings. The standard InChI is InChI=1S/C36H20Cl2O6/c37-23-18-19-26-28(20-23)33(43-35(39)41-30-16-5-10-21-8-1-3-12-24(21)30)27-14-7-15-29(38)32(27)34(26)44-36(40)42-31-17-6-11-22-9-2-4-13-25(22)31/h1-20H. The highest BCUT2D eigenvalue weighted by Gasteiger charge is 2.24. The van der Waals surface area contributed by atoms with Gasteiger partial charge in [-0.25, -0.2) is 9.59 Å². The van der Waals surface area contributed by atoms with Gasteiger partial charge in [0.05, 0.1) is 5.02 Å². The average Bonchev–Trinajstić information content (AvgIpc) is 3.03. The fourth-order valence-electron chi connectivity index (χ4n) is 5.30. The molecule has 0 N–H and O–H groups in total. The van der Waals surface area contributed by atoms with E-state index in [1.165, 1.54) is 0 Å². The van der Waals surface area contributed by atoms with Gasteiger partial charge >= 0.3 is 12.3 Å². The van der Waals surface area contributed by atoms with Crippen molar-refractivity contribution in [2.24, 2.45) is 0 Å². The Labute approximate surface area is 260 Å². The van der Waals surface area contributed by atoms with Gasteiger partial charge in [0.1, 0.15) is 11.5 Å². The Kier molecular flexibility index (Phi) is 7.14. The van der Waals surface area contributed by atoms with Crippen molar-refractivity contribution in [2.75, 3.05) is 0 Å². The summed E-state index contributed by atoms with van der Waals surface area (Å²) in [6.07, 6.45) is -1.93. The van der Waals surface area contributed by atoms with Gasteiger partial charge in [0.2, 0.25) is 0 Å². The minimum Gasteiger partial charge on any atom is -0.394 e. The highest BCUT2D eigenvalue weighted by atomic mass is 35.5. The van der Waals surface area contributed by atoms with E-state index >= 15 is 0 Å². The first-order valence-electron chi connectivity index (χ1n) is 13.5. The van der Waals surface area contributed by atoms with Crippen LogP contribution in [0.3, 0.4) is 0 Å². The van der Waals surface area contributed by atoms with Gasteiger partial charge in [-0.2, -0.15) is 0 Å². The summed E-state index contributed by atoms with van der Waals surface area (Å²) in [5.41, 5.74) is 0. The minimum absolute atomic E-state index is 0.122. The van der Waals surface area contributed by atoms with Crippen molar-refractivity contribution < 1.29 is 28.5 Å². The predicted octanol–water partition coefficient (Wildman–Crippen LogP) is 10.8. The molecule has 44 heavy (non-hydrogen) atoms. The number of carbonyl (C=O) groups is 2. The summed E-state index contributed by atoms with van der Waals surface area (Å²) in [5.74, 6) is 0.943. The smallest absolute Gasteiger partial charge is 0.394 e. The Hall–Kier alpha value is -5.30. The van der Waals surface area contributed by atoms with Crippen LogP contribution < -0.4 is 18.9 Å². The Bertz CT molecular complexity index is 2250. The van der Waals surface area contributed by atoms with Crippen LogP contribution in [0.15, 0.2) is 121 Å². The second-order valence-corrected chi connectivity index (χ2v) is 10.7. The SMILES string of the molecule is O=C(Oc1cccc2ccccc12)Oc1c2cc(Cl)ccc2c(OC(=O)Oc2cccc3ccccc23)c2c(Cl)cccc12. The van der Waals surface area contributed by atoms with Crippen LogP contribution in [0.25, 0.3) is 43.1 Å². The van der Waals surface area contributed by atoms with E-state index in [1.54, 1.807) is 60.7 Å². The van der Waals surface area contributed by atoms with Crippen molar-refractivity contribution in [3.8, 4) is 23.0 Å². The molecule has 6 nitrogen and oxygen atoms in total. The zero-order chi connectivity index (χ0) is 30.2. The van der Waals surface area contributed by atoms with Crippen molar-refractivity contribution in [3.05, 3.63) is 131 Å². The first kappa shape index (κ1) is 27.5. The first-order valence-corrected chi connectivity index (χ1v) is 14.3. The van der Waals surface area contributed by atoms with Gasteiger partial charge in [0.15, 0.2) is 11.5 Å². The van der Waals surface area contributed by atoms with Crippen LogP contribution in [0.4, 0.5) is 9.59 Å². The summed E-state index contributed by atoms with van der Waals surface area (Å²) >= 11 is 13.1.